The van der Waals surface area contributed by atoms with E-state index < -0.39 is 24.5 Å². The third-order valence-electron chi connectivity index (χ3n) is 3.51. The number of para-hydroxylation sites is 1. The molecule has 0 aliphatic carbocycles. The van der Waals surface area contributed by atoms with Crippen LogP contribution in [-0.2, 0) is 0 Å². The zero-order chi connectivity index (χ0) is 19.6. The highest BCUT2D eigenvalue weighted by Crippen LogP contribution is 2.34. The van der Waals surface area contributed by atoms with Crippen LogP contribution in [0.3, 0.4) is 0 Å². The highest BCUT2D eigenvalue weighted by Gasteiger charge is 2.29. The fourth-order valence-electron chi connectivity index (χ4n) is 2.35. The fourth-order valence-corrected chi connectivity index (χ4v) is 2.35. The Morgan fingerprint density at radius 3 is 2.56 bits per heavy atom. The molecule has 0 unspecified atom stereocenters. The van der Waals surface area contributed by atoms with Gasteiger partial charge in [-0.25, -0.2) is 9.37 Å². The van der Waals surface area contributed by atoms with Crippen molar-refractivity contribution < 1.29 is 27.1 Å². The maximum absolute atomic E-state index is 14.4. The molecular weight excluding hydrogens is 368 g/mol. The van der Waals surface area contributed by atoms with Crippen molar-refractivity contribution in [1.29, 1.82) is 0 Å². The first-order valence-corrected chi connectivity index (χ1v) is 7.55. The van der Waals surface area contributed by atoms with E-state index in [1.165, 1.54) is 30.3 Å². The fraction of sp³-hybridized carbons (Fsp3) is 0.118. The number of hydrogen-bond acceptors (Lipinski definition) is 4. The van der Waals surface area contributed by atoms with Gasteiger partial charge in [-0.1, -0.05) is 18.2 Å². The average molecular weight is 380 g/mol. The Morgan fingerprint density at radius 1 is 1.15 bits per heavy atom. The minimum atomic E-state index is -4.53. The van der Waals surface area contributed by atoms with Gasteiger partial charge in [-0.2, -0.15) is 18.3 Å². The van der Waals surface area contributed by atoms with Gasteiger partial charge in [0.15, 0.2) is 12.4 Å². The minimum Gasteiger partial charge on any atom is -0.483 e. The number of carbonyl (C=O) groups excluding carboxylic acids is 1. The number of aromatic nitrogens is 3. The third-order valence-corrected chi connectivity index (χ3v) is 3.51. The van der Waals surface area contributed by atoms with Gasteiger partial charge in [0.1, 0.15) is 11.6 Å². The van der Waals surface area contributed by atoms with Gasteiger partial charge in [0.05, 0.1) is 0 Å². The topological polar surface area (TPSA) is 93.9 Å². The molecule has 1 amide bonds. The van der Waals surface area contributed by atoms with E-state index in [9.17, 15) is 22.4 Å². The molecule has 10 heteroatoms. The lowest BCUT2D eigenvalue weighted by molar-refractivity contribution is -0.153. The molecule has 0 saturated carbocycles. The predicted octanol–water partition coefficient (Wildman–Crippen LogP) is 3.32. The Labute approximate surface area is 150 Å². The summed E-state index contributed by atoms with van der Waals surface area (Å²) in [7, 11) is 0. The van der Waals surface area contributed by atoms with E-state index in [2.05, 4.69) is 15.2 Å². The zero-order valence-electron chi connectivity index (χ0n) is 13.5. The van der Waals surface area contributed by atoms with E-state index in [0.29, 0.717) is 5.56 Å². The monoisotopic (exact) mass is 380 g/mol. The Balaban J connectivity index is 2.01. The number of H-pyrrole nitrogens is 1. The molecular formula is C17H12F4N4O2. The highest BCUT2D eigenvalue weighted by atomic mass is 19.4. The summed E-state index contributed by atoms with van der Waals surface area (Å²) in [5.41, 5.74) is 5.56. The van der Waals surface area contributed by atoms with E-state index >= 15 is 0 Å². The first kappa shape index (κ1) is 18.4. The third kappa shape index (κ3) is 4.22. The summed E-state index contributed by atoms with van der Waals surface area (Å²) in [6.45, 7) is -1.51. The number of hydrogen-bond donors (Lipinski definition) is 2. The van der Waals surface area contributed by atoms with Crippen molar-refractivity contribution in [2.45, 2.75) is 6.18 Å². The summed E-state index contributed by atoms with van der Waals surface area (Å²) in [6.07, 6.45) is -4.53. The summed E-state index contributed by atoms with van der Waals surface area (Å²) >= 11 is 0. The molecule has 1 heterocycles. The van der Waals surface area contributed by atoms with Crippen LogP contribution in [-0.4, -0.2) is 33.9 Å². The maximum atomic E-state index is 14.4. The molecule has 27 heavy (non-hydrogen) atoms. The summed E-state index contributed by atoms with van der Waals surface area (Å²) in [5, 5.41) is 6.17. The summed E-state index contributed by atoms with van der Waals surface area (Å²) in [6, 6.07) is 9.59. The van der Waals surface area contributed by atoms with Gasteiger partial charge in [0, 0.05) is 16.7 Å². The number of amides is 1. The Kier molecular flexibility index (Phi) is 4.80. The minimum absolute atomic E-state index is 0.00398. The molecule has 0 bridgehead atoms. The second-order valence-corrected chi connectivity index (χ2v) is 5.47. The van der Waals surface area contributed by atoms with Crippen LogP contribution in [0, 0.1) is 5.82 Å². The number of halogens is 4. The number of aromatic amines is 1. The van der Waals surface area contributed by atoms with Crippen molar-refractivity contribution >= 4 is 5.91 Å². The normalized spacial score (nSPS) is 11.4. The average Bonchev–Trinajstić information content (AvgIpc) is 3.10. The zero-order valence-corrected chi connectivity index (χ0v) is 13.5. The molecule has 0 aliphatic heterocycles. The van der Waals surface area contributed by atoms with Crippen molar-refractivity contribution in [3.63, 3.8) is 0 Å². The SMILES string of the molecule is NC(=O)c1nc(-c2ccc(F)c(-c3ccccc3OCC(F)(F)F)c2)n[nH]1. The first-order valence-electron chi connectivity index (χ1n) is 7.55. The summed E-state index contributed by atoms with van der Waals surface area (Å²) < 4.78 is 56.5. The Hall–Kier alpha value is -3.43. The number of nitrogens with two attached hydrogens (primary N) is 1. The maximum Gasteiger partial charge on any atom is 0.422 e. The van der Waals surface area contributed by atoms with Gasteiger partial charge in [0.25, 0.3) is 5.91 Å². The molecule has 140 valence electrons. The molecule has 0 aliphatic rings. The van der Waals surface area contributed by atoms with Gasteiger partial charge in [-0.05, 0) is 24.3 Å². The first-order chi connectivity index (χ1) is 12.7. The molecule has 1 aromatic heterocycles. The van der Waals surface area contributed by atoms with Gasteiger partial charge < -0.3 is 10.5 Å². The molecule has 0 saturated heterocycles. The van der Waals surface area contributed by atoms with Gasteiger partial charge in [-0.3, -0.25) is 9.89 Å². The lowest BCUT2D eigenvalue weighted by Crippen LogP contribution is -2.19. The second-order valence-electron chi connectivity index (χ2n) is 5.47. The highest BCUT2D eigenvalue weighted by molar-refractivity contribution is 5.89. The number of carbonyl (C=O) groups is 1. The molecule has 3 rings (SSSR count). The van der Waals surface area contributed by atoms with Crippen molar-refractivity contribution in [3.05, 3.63) is 54.1 Å². The van der Waals surface area contributed by atoms with Crippen LogP contribution in [0.1, 0.15) is 10.6 Å². The molecule has 0 radical (unpaired) electrons. The van der Waals surface area contributed by atoms with Crippen LogP contribution in [0.15, 0.2) is 42.5 Å². The van der Waals surface area contributed by atoms with Gasteiger partial charge in [-0.15, -0.1) is 0 Å². The van der Waals surface area contributed by atoms with E-state index in [1.54, 1.807) is 6.07 Å². The Bertz CT molecular complexity index is 985. The van der Waals surface area contributed by atoms with Crippen molar-refractivity contribution in [2.75, 3.05) is 6.61 Å². The smallest absolute Gasteiger partial charge is 0.422 e. The quantitative estimate of drug-likeness (QED) is 0.664. The molecule has 3 N–H and O–H groups in total. The van der Waals surface area contributed by atoms with Crippen LogP contribution in [0.2, 0.25) is 0 Å². The number of nitrogens with one attached hydrogen (secondary N) is 1. The number of benzene rings is 2. The predicted molar refractivity (Wildman–Crippen MR) is 87.3 cm³/mol. The lowest BCUT2D eigenvalue weighted by Gasteiger charge is -2.14. The van der Waals surface area contributed by atoms with Crippen LogP contribution in [0.25, 0.3) is 22.5 Å². The van der Waals surface area contributed by atoms with Crippen LogP contribution in [0.5, 0.6) is 5.75 Å². The molecule has 0 fully saturated rings. The van der Waals surface area contributed by atoms with E-state index in [4.69, 9.17) is 10.5 Å². The molecule has 0 spiro atoms. The number of ether oxygens (including phenoxy) is 1. The standard InChI is InChI=1S/C17H12F4N4O2/c18-12-6-5-9(15-23-16(14(22)26)25-24-15)7-11(12)10-3-1-2-4-13(10)27-8-17(19,20)21/h1-7H,8H2,(H2,22,26)(H,23,24,25). The number of primary amides is 1. The van der Waals surface area contributed by atoms with Gasteiger partial charge in [0.2, 0.25) is 5.82 Å². The largest absolute Gasteiger partial charge is 0.483 e. The lowest BCUT2D eigenvalue weighted by atomic mass is 10.0. The molecule has 0 atom stereocenters. The summed E-state index contributed by atoms with van der Waals surface area (Å²) in [5.74, 6) is -1.71. The second kappa shape index (κ2) is 7.06. The van der Waals surface area contributed by atoms with E-state index in [-0.39, 0.29) is 28.5 Å². The molecule has 2 aromatic carbocycles. The molecule has 6 nitrogen and oxygen atoms in total. The van der Waals surface area contributed by atoms with Crippen molar-refractivity contribution in [2.24, 2.45) is 5.73 Å². The van der Waals surface area contributed by atoms with Crippen molar-refractivity contribution in [3.8, 4) is 28.3 Å². The number of rotatable bonds is 5. The van der Waals surface area contributed by atoms with Gasteiger partial charge >= 0.3 is 6.18 Å². The van der Waals surface area contributed by atoms with Crippen LogP contribution < -0.4 is 10.5 Å². The van der Waals surface area contributed by atoms with Crippen molar-refractivity contribution in [1.82, 2.24) is 15.2 Å². The van der Waals surface area contributed by atoms with Crippen LogP contribution in [0.4, 0.5) is 17.6 Å². The summed E-state index contributed by atoms with van der Waals surface area (Å²) in [4.78, 5) is 15.0. The molecule has 3 aromatic rings. The van der Waals surface area contributed by atoms with Crippen LogP contribution >= 0.6 is 0 Å². The Morgan fingerprint density at radius 2 is 1.89 bits per heavy atom. The number of nitrogens with zero attached hydrogens (tertiary/aromatic N) is 2. The number of alkyl halides is 3. The van der Waals surface area contributed by atoms with E-state index in [1.807, 2.05) is 0 Å². The van der Waals surface area contributed by atoms with E-state index in [0.717, 1.165) is 6.07 Å².